The van der Waals surface area contributed by atoms with Crippen molar-refractivity contribution in [1.82, 2.24) is 45.9 Å². The van der Waals surface area contributed by atoms with E-state index in [2.05, 4.69) is 51.9 Å². The Balaban J connectivity index is 0.666. The van der Waals surface area contributed by atoms with Crippen LogP contribution in [-0.2, 0) is 23.8 Å². The van der Waals surface area contributed by atoms with E-state index in [4.69, 9.17) is 18.9 Å². The molecule has 7 aromatic rings. The van der Waals surface area contributed by atoms with Gasteiger partial charge in [0.2, 0.25) is 5.78 Å². The molecule has 77 heavy (non-hydrogen) atoms. The number of carboxylic acids is 1. The number of allylic oxidation sites excluding steroid dienone is 1. The van der Waals surface area contributed by atoms with Crippen molar-refractivity contribution in [2.75, 3.05) is 84.3 Å². The summed E-state index contributed by atoms with van der Waals surface area (Å²) in [6, 6.07) is 34.9. The molecule has 5 heterocycles. The molecule has 0 saturated heterocycles. The van der Waals surface area contributed by atoms with Gasteiger partial charge in [-0.1, -0.05) is 46.5 Å². The fraction of sp³-hybridized carbons (Fsp3) is 0.218. The van der Waals surface area contributed by atoms with E-state index in [-0.39, 0.29) is 59.3 Å². The van der Waals surface area contributed by atoms with Crippen molar-refractivity contribution in [2.45, 2.75) is 0 Å². The molecule has 5 aromatic carbocycles. The Bertz CT molecular complexity index is 3270. The standard InChI is InChI=1S/C55H52N12O9S/c68-46-28-35(29-48-50(69)49(55(71)72)54(77-48)61-41-4-2-1-3-5-41)6-15-47(46)76-27-26-75-25-24-74-23-22-73-21-20-60-53(70)40-31-38(44-33-66(64-62-44)42-11-7-36(8-12-42)51-56-16-17-57-51)30-39(32-40)45-34-67(65-63-45)43-13-9-37(10-14-43)52-58-18-19-59-52/h1-15,28-34,61,68H,16-27H2,(H,56,57)(H,58,59)(H,60,70)(H,71,72)/b48-29-. The van der Waals surface area contributed by atoms with E-state index in [1.54, 1.807) is 57.9 Å². The molecule has 0 saturated carbocycles. The number of aliphatic carboxylic acids is 1. The van der Waals surface area contributed by atoms with Gasteiger partial charge in [0.15, 0.2) is 11.5 Å². The number of aromatic nitrogens is 6. The van der Waals surface area contributed by atoms with Crippen LogP contribution in [-0.4, -0.2) is 149 Å². The number of ether oxygens (including phenoxy) is 4. The summed E-state index contributed by atoms with van der Waals surface area (Å²) in [7, 11) is 0. The number of benzene rings is 5. The number of carbonyl (C=O) groups is 3. The molecule has 0 aliphatic carbocycles. The number of aromatic hydroxyl groups is 1. The van der Waals surface area contributed by atoms with Crippen LogP contribution in [0.4, 0.5) is 5.69 Å². The van der Waals surface area contributed by atoms with Crippen molar-refractivity contribution in [3.63, 3.8) is 0 Å². The minimum Gasteiger partial charge on any atom is -0.504 e. The number of Topliss-reactive ketones (excluding diaryl/α,β-unsaturated/α-hetero) is 1. The summed E-state index contributed by atoms with van der Waals surface area (Å²) in [4.78, 5) is 47.8. The Morgan fingerprint density at radius 1 is 0.675 bits per heavy atom. The quantitative estimate of drug-likeness (QED) is 0.0248. The van der Waals surface area contributed by atoms with Crippen molar-refractivity contribution in [3.05, 3.63) is 165 Å². The summed E-state index contributed by atoms with van der Waals surface area (Å²) in [6.07, 6.45) is 5.16. The lowest BCUT2D eigenvalue weighted by Crippen LogP contribution is -2.27. The van der Waals surface area contributed by atoms with Crippen LogP contribution < -0.4 is 26.0 Å². The van der Waals surface area contributed by atoms with Crippen molar-refractivity contribution < 1.29 is 43.5 Å². The highest BCUT2D eigenvalue weighted by Gasteiger charge is 2.34. The number of phenolic OH excluding ortho intramolecular Hbond substituents is 1. The van der Waals surface area contributed by atoms with Crippen LogP contribution in [0.25, 0.3) is 40.0 Å². The van der Waals surface area contributed by atoms with E-state index in [1.165, 1.54) is 12.1 Å². The average molecular weight is 1060 g/mol. The van der Waals surface area contributed by atoms with Crippen molar-refractivity contribution in [3.8, 4) is 45.4 Å². The van der Waals surface area contributed by atoms with Crippen molar-refractivity contribution in [2.24, 2.45) is 9.98 Å². The van der Waals surface area contributed by atoms with Crippen molar-refractivity contribution >= 4 is 52.9 Å². The Labute approximate surface area is 445 Å². The monoisotopic (exact) mass is 1060 g/mol. The third-order valence-corrected chi connectivity index (χ3v) is 13.1. The number of anilines is 1. The summed E-state index contributed by atoms with van der Waals surface area (Å²) in [6.45, 7) is 5.25. The maximum Gasteiger partial charge on any atom is 0.342 e. The van der Waals surface area contributed by atoms with Gasteiger partial charge in [-0.2, -0.15) is 0 Å². The number of hydrogen-bond acceptors (Lipinski definition) is 18. The maximum atomic E-state index is 13.7. The Kier molecular flexibility index (Phi) is 16.5. The Morgan fingerprint density at radius 2 is 1.25 bits per heavy atom. The van der Waals surface area contributed by atoms with Crippen LogP contribution in [0.5, 0.6) is 11.5 Å². The fourth-order valence-corrected chi connectivity index (χ4v) is 9.34. The van der Waals surface area contributed by atoms with Crippen LogP contribution in [0.3, 0.4) is 0 Å². The number of hydrogen-bond donors (Lipinski definition) is 6. The first kappa shape index (κ1) is 51.5. The Hall–Kier alpha value is -8.96. The smallest absolute Gasteiger partial charge is 0.342 e. The number of rotatable bonds is 24. The summed E-state index contributed by atoms with van der Waals surface area (Å²) >= 11 is 1.02. The largest absolute Gasteiger partial charge is 0.504 e. The summed E-state index contributed by atoms with van der Waals surface area (Å²) in [5.74, 6) is -0.448. The SMILES string of the molecule is O=C(O)C1=C(Nc2ccccc2)S/C(=C\c2ccc(OCCOCCOCCOCCNC(=O)c3cc(-c4cn(-c5ccc(C6=NCCN6)cc5)nn4)cc(-c4cn(-c5ccc(C6=NCCN6)cc5)nn4)c3)c(O)c2)C1=O. The fourth-order valence-electron chi connectivity index (χ4n) is 8.28. The number of amidine groups is 2. The number of para-hydroxylation sites is 1. The molecule has 3 aliphatic heterocycles. The van der Waals surface area contributed by atoms with Crippen LogP contribution in [0.15, 0.2) is 153 Å². The molecule has 392 valence electrons. The van der Waals surface area contributed by atoms with Crippen LogP contribution >= 0.6 is 11.8 Å². The van der Waals surface area contributed by atoms with Gasteiger partial charge >= 0.3 is 5.97 Å². The van der Waals surface area contributed by atoms with E-state index >= 15 is 0 Å². The van der Waals surface area contributed by atoms with Crippen LogP contribution in [0, 0.1) is 0 Å². The molecular weight excluding hydrogens is 1000 g/mol. The third kappa shape index (κ3) is 12.9. The first-order valence-electron chi connectivity index (χ1n) is 24.7. The van der Waals surface area contributed by atoms with E-state index in [0.717, 1.165) is 72.1 Å². The predicted octanol–water partition coefficient (Wildman–Crippen LogP) is 5.51. The number of phenols is 1. The average Bonchev–Trinajstić information content (AvgIpc) is 4.36. The molecule has 10 rings (SSSR count). The summed E-state index contributed by atoms with van der Waals surface area (Å²) < 4.78 is 26.0. The number of aliphatic imine (C=N–C) groups is 2. The number of nitrogens with one attached hydrogen (secondary N) is 4. The lowest BCUT2D eigenvalue weighted by molar-refractivity contribution is -0.134. The molecule has 0 atom stereocenters. The number of thioether (sulfide) groups is 1. The first-order valence-corrected chi connectivity index (χ1v) is 25.5. The van der Waals surface area contributed by atoms with Gasteiger partial charge in [-0.3, -0.25) is 19.6 Å². The number of ketones is 1. The predicted molar refractivity (Wildman–Crippen MR) is 290 cm³/mol. The Morgan fingerprint density at radius 3 is 1.79 bits per heavy atom. The number of nitrogens with zero attached hydrogens (tertiary/aromatic N) is 8. The van der Waals surface area contributed by atoms with E-state index in [0.29, 0.717) is 65.8 Å². The lowest BCUT2D eigenvalue weighted by atomic mass is 10.0. The molecule has 22 heteroatoms. The van der Waals surface area contributed by atoms with Gasteiger partial charge in [-0.05, 0) is 103 Å². The van der Waals surface area contributed by atoms with Gasteiger partial charge in [0, 0.05) is 53.1 Å². The molecule has 0 bridgehead atoms. The molecule has 3 aliphatic rings. The van der Waals surface area contributed by atoms with Gasteiger partial charge in [0.25, 0.3) is 5.91 Å². The topological polar surface area (TPSA) is 263 Å². The summed E-state index contributed by atoms with van der Waals surface area (Å²) in [5, 5.41) is 50.9. The highest BCUT2D eigenvalue weighted by Crippen LogP contribution is 2.40. The molecule has 0 spiro atoms. The molecular formula is C55H52N12O9S. The second-order valence-corrected chi connectivity index (χ2v) is 18.5. The van der Waals surface area contributed by atoms with E-state index in [9.17, 15) is 24.6 Å². The number of amides is 1. The highest BCUT2D eigenvalue weighted by molar-refractivity contribution is 8.08. The molecule has 1 amide bonds. The second-order valence-electron chi connectivity index (χ2n) is 17.4. The molecule has 2 aromatic heterocycles. The van der Waals surface area contributed by atoms with Gasteiger partial charge in [-0.25, -0.2) is 14.2 Å². The van der Waals surface area contributed by atoms with Crippen molar-refractivity contribution in [1.29, 1.82) is 0 Å². The molecule has 0 unspecified atom stereocenters. The number of carbonyl (C=O) groups excluding carboxylic acids is 2. The molecule has 0 radical (unpaired) electrons. The van der Waals surface area contributed by atoms with Gasteiger partial charge in [0.05, 0.1) is 86.4 Å². The molecule has 21 nitrogen and oxygen atoms in total. The zero-order valence-corrected chi connectivity index (χ0v) is 42.2. The van der Waals surface area contributed by atoms with E-state index < -0.39 is 11.8 Å². The minimum absolute atomic E-state index is 0.150. The maximum absolute atomic E-state index is 13.7. The molecule has 0 fully saturated rings. The summed E-state index contributed by atoms with van der Waals surface area (Å²) in [5.41, 5.74) is 7.24. The second kappa shape index (κ2) is 24.6. The third-order valence-electron chi connectivity index (χ3n) is 12.1. The first-order chi connectivity index (χ1) is 37.7. The highest BCUT2D eigenvalue weighted by atomic mass is 32.2. The zero-order chi connectivity index (χ0) is 52.9. The van der Waals surface area contributed by atoms with Gasteiger partial charge in [-0.15, -0.1) is 10.2 Å². The van der Waals surface area contributed by atoms with Crippen LogP contribution in [0.1, 0.15) is 27.0 Å². The zero-order valence-electron chi connectivity index (χ0n) is 41.4. The normalized spacial score (nSPS) is 14.6. The van der Waals surface area contributed by atoms with Crippen LogP contribution in [0.2, 0.25) is 0 Å². The number of carboxylic acid groups (broad SMARTS) is 1. The molecule has 6 N–H and O–H groups in total. The van der Waals surface area contributed by atoms with Gasteiger partial charge in [0.1, 0.15) is 35.2 Å². The minimum atomic E-state index is -1.33. The van der Waals surface area contributed by atoms with Gasteiger partial charge < -0.3 is 50.4 Å². The van der Waals surface area contributed by atoms with E-state index in [1.807, 2.05) is 73.1 Å². The lowest BCUT2D eigenvalue weighted by Gasteiger charge is -2.10.